The number of nitrogens with zero attached hydrogens (tertiary/aromatic N) is 1. The topological polar surface area (TPSA) is 69.7 Å². The SMILES string of the molecule is CCOC(=O)C1CCNC(c2ccc(-c3ccc(OCc4ccccc4)nc3OCc3ccccc3)cc2F)C1. The molecular weight excluding hydrogens is 507 g/mol. The second-order valence-electron chi connectivity index (χ2n) is 9.77. The summed E-state index contributed by atoms with van der Waals surface area (Å²) in [6.07, 6.45) is 1.18. The zero-order chi connectivity index (χ0) is 27.7. The fraction of sp³-hybridized carbons (Fsp3) is 0.273. The molecule has 3 aromatic carbocycles. The zero-order valence-corrected chi connectivity index (χ0v) is 22.5. The molecule has 0 saturated carbocycles. The van der Waals surface area contributed by atoms with E-state index in [1.807, 2.05) is 72.8 Å². The van der Waals surface area contributed by atoms with E-state index in [4.69, 9.17) is 14.2 Å². The Hall–Kier alpha value is -4.23. The first kappa shape index (κ1) is 27.3. The molecule has 0 aliphatic carbocycles. The number of ether oxygens (including phenoxy) is 3. The first-order valence-corrected chi connectivity index (χ1v) is 13.6. The van der Waals surface area contributed by atoms with Crippen molar-refractivity contribution in [1.82, 2.24) is 10.3 Å². The molecule has 206 valence electrons. The lowest BCUT2D eigenvalue weighted by Gasteiger charge is -2.29. The molecule has 0 amide bonds. The minimum absolute atomic E-state index is 0.216. The maximum absolute atomic E-state index is 15.5. The molecule has 1 aliphatic heterocycles. The lowest BCUT2D eigenvalue weighted by atomic mass is 9.88. The molecule has 1 N–H and O–H groups in total. The number of nitrogens with one attached hydrogen (secondary N) is 1. The van der Waals surface area contributed by atoms with Crippen molar-refractivity contribution in [1.29, 1.82) is 0 Å². The van der Waals surface area contributed by atoms with Crippen LogP contribution < -0.4 is 14.8 Å². The Morgan fingerprint density at radius 3 is 2.30 bits per heavy atom. The molecule has 6 nitrogen and oxygen atoms in total. The third kappa shape index (κ3) is 6.85. The molecule has 1 aliphatic rings. The van der Waals surface area contributed by atoms with Crippen LogP contribution in [0.4, 0.5) is 4.39 Å². The van der Waals surface area contributed by atoms with Gasteiger partial charge in [-0.15, -0.1) is 0 Å². The van der Waals surface area contributed by atoms with Gasteiger partial charge >= 0.3 is 5.97 Å². The van der Waals surface area contributed by atoms with Crippen molar-refractivity contribution < 1.29 is 23.4 Å². The number of carbonyl (C=O) groups excluding carboxylic acids is 1. The van der Waals surface area contributed by atoms with Gasteiger partial charge in [0.15, 0.2) is 0 Å². The van der Waals surface area contributed by atoms with E-state index < -0.39 is 0 Å². The van der Waals surface area contributed by atoms with Gasteiger partial charge in [0.1, 0.15) is 19.0 Å². The van der Waals surface area contributed by atoms with Gasteiger partial charge < -0.3 is 19.5 Å². The highest BCUT2D eigenvalue weighted by atomic mass is 19.1. The number of esters is 1. The van der Waals surface area contributed by atoms with Gasteiger partial charge in [0.25, 0.3) is 0 Å². The molecule has 5 rings (SSSR count). The second kappa shape index (κ2) is 13.2. The van der Waals surface area contributed by atoms with Crippen molar-refractivity contribution in [2.45, 2.75) is 39.0 Å². The van der Waals surface area contributed by atoms with Gasteiger partial charge in [-0.25, -0.2) is 4.39 Å². The quantitative estimate of drug-likeness (QED) is 0.227. The first-order chi connectivity index (χ1) is 19.6. The van der Waals surface area contributed by atoms with E-state index in [0.717, 1.165) is 11.1 Å². The third-order valence-electron chi connectivity index (χ3n) is 6.99. The van der Waals surface area contributed by atoms with Crippen molar-refractivity contribution in [3.05, 3.63) is 114 Å². The predicted molar refractivity (Wildman–Crippen MR) is 151 cm³/mol. The van der Waals surface area contributed by atoms with Gasteiger partial charge in [0.05, 0.1) is 12.5 Å². The van der Waals surface area contributed by atoms with Crippen molar-refractivity contribution in [2.24, 2.45) is 5.92 Å². The van der Waals surface area contributed by atoms with Crippen molar-refractivity contribution in [2.75, 3.05) is 13.2 Å². The molecule has 1 fully saturated rings. The summed E-state index contributed by atoms with van der Waals surface area (Å²) in [6, 6.07) is 28.1. The second-order valence-corrected chi connectivity index (χ2v) is 9.77. The number of halogens is 1. The monoisotopic (exact) mass is 540 g/mol. The Kier molecular flexibility index (Phi) is 9.04. The Morgan fingerprint density at radius 1 is 0.925 bits per heavy atom. The number of hydrogen-bond donors (Lipinski definition) is 1. The standard InChI is InChI=1S/C33H33FN2O4/c1-2-38-33(37)26-17-18-35-30(20-26)28-14-13-25(19-29(28)34)27-15-16-31(39-21-23-9-5-3-6-10-23)36-32(27)40-22-24-11-7-4-8-12-24/h3-16,19,26,30,35H,2,17-18,20-22H2,1H3. The average Bonchev–Trinajstić information content (AvgIpc) is 3.00. The molecule has 1 saturated heterocycles. The highest BCUT2D eigenvalue weighted by molar-refractivity contribution is 5.73. The van der Waals surface area contributed by atoms with E-state index in [-0.39, 0.29) is 23.7 Å². The molecule has 40 heavy (non-hydrogen) atoms. The van der Waals surface area contributed by atoms with Gasteiger partial charge in [-0.05, 0) is 55.1 Å². The van der Waals surface area contributed by atoms with Crippen LogP contribution >= 0.6 is 0 Å². The summed E-state index contributed by atoms with van der Waals surface area (Å²) in [5, 5.41) is 3.35. The van der Waals surface area contributed by atoms with Crippen LogP contribution in [-0.2, 0) is 22.7 Å². The van der Waals surface area contributed by atoms with Crippen molar-refractivity contribution in [3.63, 3.8) is 0 Å². The lowest BCUT2D eigenvalue weighted by Crippen LogP contribution is -2.36. The van der Waals surface area contributed by atoms with Gasteiger partial charge in [-0.1, -0.05) is 72.8 Å². The fourth-order valence-corrected chi connectivity index (χ4v) is 4.90. The van der Waals surface area contributed by atoms with Gasteiger partial charge in [-0.3, -0.25) is 4.79 Å². The van der Waals surface area contributed by atoms with E-state index in [1.165, 1.54) is 6.07 Å². The van der Waals surface area contributed by atoms with Crippen LogP contribution in [0, 0.1) is 11.7 Å². The molecule has 0 bridgehead atoms. The van der Waals surface area contributed by atoms with E-state index in [1.54, 1.807) is 19.1 Å². The lowest BCUT2D eigenvalue weighted by molar-refractivity contribution is -0.149. The number of piperidine rings is 1. The predicted octanol–water partition coefficient (Wildman–Crippen LogP) is 6.65. The summed E-state index contributed by atoms with van der Waals surface area (Å²) in [7, 11) is 0. The highest BCUT2D eigenvalue weighted by Gasteiger charge is 2.30. The van der Waals surface area contributed by atoms with E-state index in [2.05, 4.69) is 10.3 Å². The maximum Gasteiger partial charge on any atom is 0.309 e. The summed E-state index contributed by atoms with van der Waals surface area (Å²) in [4.78, 5) is 16.9. The largest absolute Gasteiger partial charge is 0.473 e. The van der Waals surface area contributed by atoms with Crippen LogP contribution in [-0.4, -0.2) is 24.1 Å². The molecule has 2 heterocycles. The van der Waals surface area contributed by atoms with Crippen LogP contribution in [0.5, 0.6) is 11.8 Å². The third-order valence-corrected chi connectivity index (χ3v) is 6.99. The molecule has 0 radical (unpaired) electrons. The number of carbonyl (C=O) groups is 1. The minimum atomic E-state index is -0.349. The molecule has 0 spiro atoms. The highest BCUT2D eigenvalue weighted by Crippen LogP contribution is 2.35. The van der Waals surface area contributed by atoms with Crippen molar-refractivity contribution >= 4 is 5.97 Å². The number of pyridine rings is 1. The van der Waals surface area contributed by atoms with E-state index in [9.17, 15) is 4.79 Å². The van der Waals surface area contributed by atoms with Crippen LogP contribution in [0.3, 0.4) is 0 Å². The Balaban J connectivity index is 1.38. The smallest absolute Gasteiger partial charge is 0.309 e. The van der Waals surface area contributed by atoms with Crippen molar-refractivity contribution in [3.8, 4) is 22.9 Å². The van der Waals surface area contributed by atoms with Gasteiger partial charge in [0, 0.05) is 23.2 Å². The molecule has 1 aromatic heterocycles. The minimum Gasteiger partial charge on any atom is -0.473 e. The first-order valence-electron chi connectivity index (χ1n) is 13.6. The van der Waals surface area contributed by atoms with E-state index >= 15 is 4.39 Å². The number of hydrogen-bond acceptors (Lipinski definition) is 6. The summed E-state index contributed by atoms with van der Waals surface area (Å²) < 4.78 is 32.8. The molecule has 2 unspecified atom stereocenters. The average molecular weight is 541 g/mol. The van der Waals surface area contributed by atoms with Gasteiger partial charge in [-0.2, -0.15) is 4.98 Å². The number of aromatic nitrogens is 1. The molecule has 2 atom stereocenters. The van der Waals surface area contributed by atoms with Crippen LogP contribution in [0.15, 0.2) is 91.0 Å². The summed E-state index contributed by atoms with van der Waals surface area (Å²) in [6.45, 7) is 3.44. The van der Waals surface area contributed by atoms with Crippen LogP contribution in [0.1, 0.15) is 42.5 Å². The summed E-state index contributed by atoms with van der Waals surface area (Å²) >= 11 is 0. The summed E-state index contributed by atoms with van der Waals surface area (Å²) in [5.74, 6) is -0.0235. The zero-order valence-electron chi connectivity index (χ0n) is 22.5. The summed E-state index contributed by atoms with van der Waals surface area (Å²) in [5.41, 5.74) is 3.85. The number of rotatable bonds is 10. The van der Waals surface area contributed by atoms with E-state index in [0.29, 0.717) is 67.7 Å². The Morgan fingerprint density at radius 2 is 1.62 bits per heavy atom. The van der Waals surface area contributed by atoms with Crippen LogP contribution in [0.25, 0.3) is 11.1 Å². The molecule has 4 aromatic rings. The normalized spacial score (nSPS) is 16.8. The Labute approximate surface area is 234 Å². The Bertz CT molecular complexity index is 1410. The van der Waals surface area contributed by atoms with Gasteiger partial charge in [0.2, 0.25) is 11.8 Å². The van der Waals surface area contributed by atoms with Crippen LogP contribution in [0.2, 0.25) is 0 Å². The number of benzene rings is 3. The molecule has 7 heteroatoms. The fourth-order valence-electron chi connectivity index (χ4n) is 4.90. The maximum atomic E-state index is 15.5. The molecular formula is C33H33FN2O4.